The molecule has 1 fully saturated rings. The van der Waals surface area contributed by atoms with Gasteiger partial charge in [-0.1, -0.05) is 6.07 Å². The quantitative estimate of drug-likeness (QED) is 0.638. The summed E-state index contributed by atoms with van der Waals surface area (Å²) in [5.74, 6) is 0. The molecule has 0 amide bonds. The second-order valence-corrected chi connectivity index (χ2v) is 4.73. The zero-order valence-corrected chi connectivity index (χ0v) is 10.6. The van der Waals surface area contributed by atoms with Gasteiger partial charge in [-0.2, -0.15) is 0 Å². The first-order valence-electron chi connectivity index (χ1n) is 6.40. The fourth-order valence-electron chi connectivity index (χ4n) is 2.36. The average Bonchev–Trinajstić information content (AvgIpc) is 2.60. The van der Waals surface area contributed by atoms with Crippen LogP contribution in [0.3, 0.4) is 0 Å². The van der Waals surface area contributed by atoms with Crippen LogP contribution >= 0.6 is 0 Å². The largest absolute Gasteiger partial charge is 0.382 e. The fraction of sp³-hybridized carbons (Fsp3) is 0.538. The Balaban J connectivity index is 2.13. The van der Waals surface area contributed by atoms with Crippen molar-refractivity contribution in [1.29, 1.82) is 0 Å². The second kappa shape index (κ2) is 5.82. The molecule has 0 aliphatic carbocycles. The van der Waals surface area contributed by atoms with Crippen LogP contribution in [-0.4, -0.2) is 24.1 Å². The van der Waals surface area contributed by atoms with Gasteiger partial charge in [-0.05, 0) is 45.3 Å². The molecule has 1 aromatic rings. The van der Waals surface area contributed by atoms with Gasteiger partial charge in [-0.25, -0.2) is 0 Å². The molecule has 0 bridgehead atoms. The van der Waals surface area contributed by atoms with Crippen molar-refractivity contribution in [2.45, 2.75) is 32.2 Å². The third kappa shape index (κ3) is 2.98. The van der Waals surface area contributed by atoms with Gasteiger partial charge >= 0.3 is 0 Å². The predicted molar refractivity (Wildman–Crippen MR) is 72.0 cm³/mol. The van der Waals surface area contributed by atoms with Crippen molar-refractivity contribution in [2.75, 3.05) is 18.4 Å². The van der Waals surface area contributed by atoms with E-state index in [0.29, 0.717) is 6.04 Å². The molecule has 0 aromatic heterocycles. The molecule has 0 spiro atoms. The zero-order valence-electron chi connectivity index (χ0n) is 10.6. The van der Waals surface area contributed by atoms with Crippen LogP contribution in [0.5, 0.6) is 0 Å². The highest BCUT2D eigenvalue weighted by Gasteiger charge is 2.16. The molecule has 1 unspecified atom stereocenters. The summed E-state index contributed by atoms with van der Waals surface area (Å²) in [6.45, 7) is 3.87. The van der Waals surface area contributed by atoms with Crippen molar-refractivity contribution in [1.82, 2.24) is 5.32 Å². The minimum atomic E-state index is -0.324. The molecule has 0 radical (unpaired) electrons. The monoisotopic (exact) mass is 249 g/mol. The van der Waals surface area contributed by atoms with E-state index in [1.165, 1.54) is 0 Å². The summed E-state index contributed by atoms with van der Waals surface area (Å²) in [7, 11) is 0. The summed E-state index contributed by atoms with van der Waals surface area (Å²) in [5.41, 5.74) is 1.79. The number of nitrogens with one attached hydrogen (secondary N) is 2. The van der Waals surface area contributed by atoms with Gasteiger partial charge < -0.3 is 10.6 Å². The molecule has 1 saturated heterocycles. The number of rotatable bonds is 3. The number of nitro benzene ring substituents is 1. The van der Waals surface area contributed by atoms with Crippen molar-refractivity contribution < 1.29 is 4.92 Å². The topological polar surface area (TPSA) is 67.2 Å². The van der Waals surface area contributed by atoms with Gasteiger partial charge in [-0.3, -0.25) is 10.1 Å². The first-order valence-corrected chi connectivity index (χ1v) is 6.40. The van der Waals surface area contributed by atoms with Gasteiger partial charge in [0.2, 0.25) is 0 Å². The number of anilines is 1. The van der Waals surface area contributed by atoms with E-state index in [-0.39, 0.29) is 10.6 Å². The first kappa shape index (κ1) is 12.8. The molecular formula is C13H19N3O2. The van der Waals surface area contributed by atoms with Crippen LogP contribution in [0, 0.1) is 17.0 Å². The summed E-state index contributed by atoms with van der Waals surface area (Å²) < 4.78 is 0. The number of nitrogens with zero attached hydrogens (tertiary/aromatic N) is 1. The van der Waals surface area contributed by atoms with Crippen molar-refractivity contribution in [2.24, 2.45) is 0 Å². The van der Waals surface area contributed by atoms with Crippen LogP contribution in [0.4, 0.5) is 11.4 Å². The average molecular weight is 249 g/mol. The standard InChI is InChI=1S/C13H19N3O2/c1-10-12(5-2-6-13(10)16(17)18)15-11-4-3-8-14-9-7-11/h2,5-6,11,14-15H,3-4,7-9H2,1H3. The lowest BCUT2D eigenvalue weighted by Gasteiger charge is -2.18. The molecule has 5 nitrogen and oxygen atoms in total. The Bertz CT molecular complexity index is 426. The molecule has 0 saturated carbocycles. The van der Waals surface area contributed by atoms with Crippen LogP contribution in [0.25, 0.3) is 0 Å². The van der Waals surface area contributed by atoms with E-state index in [1.807, 2.05) is 6.07 Å². The lowest BCUT2D eigenvalue weighted by Crippen LogP contribution is -2.22. The Morgan fingerprint density at radius 1 is 1.39 bits per heavy atom. The third-order valence-corrected chi connectivity index (χ3v) is 3.44. The van der Waals surface area contributed by atoms with Gasteiger partial charge in [0, 0.05) is 23.4 Å². The van der Waals surface area contributed by atoms with Crippen LogP contribution in [0.15, 0.2) is 18.2 Å². The highest BCUT2D eigenvalue weighted by Crippen LogP contribution is 2.26. The van der Waals surface area contributed by atoms with Gasteiger partial charge in [0.15, 0.2) is 0 Å². The third-order valence-electron chi connectivity index (χ3n) is 3.44. The summed E-state index contributed by atoms with van der Waals surface area (Å²) in [6.07, 6.45) is 3.31. The van der Waals surface area contributed by atoms with E-state index in [0.717, 1.165) is 43.6 Å². The molecule has 18 heavy (non-hydrogen) atoms. The van der Waals surface area contributed by atoms with Crippen LogP contribution in [0.1, 0.15) is 24.8 Å². The van der Waals surface area contributed by atoms with Gasteiger partial charge in [-0.15, -0.1) is 0 Å². The van der Waals surface area contributed by atoms with Crippen molar-refractivity contribution in [3.8, 4) is 0 Å². The smallest absolute Gasteiger partial charge is 0.274 e. The Kier molecular flexibility index (Phi) is 4.15. The molecule has 2 N–H and O–H groups in total. The van der Waals surface area contributed by atoms with E-state index >= 15 is 0 Å². The fourth-order valence-corrected chi connectivity index (χ4v) is 2.36. The molecule has 98 valence electrons. The number of benzene rings is 1. The Morgan fingerprint density at radius 3 is 3.00 bits per heavy atom. The van der Waals surface area contributed by atoms with E-state index in [4.69, 9.17) is 0 Å². The summed E-state index contributed by atoms with van der Waals surface area (Å²) in [4.78, 5) is 10.6. The molecular weight excluding hydrogens is 230 g/mol. The minimum Gasteiger partial charge on any atom is -0.382 e. The zero-order chi connectivity index (χ0) is 13.0. The number of hydrogen-bond acceptors (Lipinski definition) is 4. The molecule has 1 heterocycles. The maximum atomic E-state index is 10.9. The molecule has 1 aliphatic heterocycles. The molecule has 1 aromatic carbocycles. The number of hydrogen-bond donors (Lipinski definition) is 2. The molecule has 5 heteroatoms. The molecule has 1 atom stereocenters. The van der Waals surface area contributed by atoms with Gasteiger partial charge in [0.1, 0.15) is 0 Å². The summed E-state index contributed by atoms with van der Waals surface area (Å²) in [5, 5.41) is 17.7. The van der Waals surface area contributed by atoms with E-state index in [9.17, 15) is 10.1 Å². The highest BCUT2D eigenvalue weighted by molar-refractivity contribution is 5.60. The van der Waals surface area contributed by atoms with Gasteiger partial charge in [0.05, 0.1) is 4.92 Å². The maximum absolute atomic E-state index is 10.9. The van der Waals surface area contributed by atoms with Crippen molar-refractivity contribution in [3.05, 3.63) is 33.9 Å². The van der Waals surface area contributed by atoms with Crippen molar-refractivity contribution in [3.63, 3.8) is 0 Å². The summed E-state index contributed by atoms with van der Waals surface area (Å²) >= 11 is 0. The molecule has 1 aliphatic rings. The summed E-state index contributed by atoms with van der Waals surface area (Å²) in [6, 6.07) is 5.61. The van der Waals surface area contributed by atoms with Gasteiger partial charge in [0.25, 0.3) is 5.69 Å². The first-order chi connectivity index (χ1) is 8.68. The normalized spacial score (nSPS) is 20.2. The van der Waals surface area contributed by atoms with Crippen LogP contribution in [-0.2, 0) is 0 Å². The number of nitro groups is 1. The Hall–Kier alpha value is -1.62. The Morgan fingerprint density at radius 2 is 2.22 bits per heavy atom. The second-order valence-electron chi connectivity index (χ2n) is 4.73. The van der Waals surface area contributed by atoms with Crippen LogP contribution in [0.2, 0.25) is 0 Å². The van der Waals surface area contributed by atoms with E-state index < -0.39 is 0 Å². The molecule has 2 rings (SSSR count). The lowest BCUT2D eigenvalue weighted by molar-refractivity contribution is -0.385. The maximum Gasteiger partial charge on any atom is 0.274 e. The minimum absolute atomic E-state index is 0.187. The SMILES string of the molecule is Cc1c(NC2CCCNCC2)cccc1[N+](=O)[O-]. The predicted octanol–water partition coefficient (Wildman–Crippen LogP) is 2.46. The van der Waals surface area contributed by atoms with E-state index in [1.54, 1.807) is 19.1 Å². The lowest BCUT2D eigenvalue weighted by atomic mass is 10.1. The highest BCUT2D eigenvalue weighted by atomic mass is 16.6. The Labute approximate surface area is 107 Å². The van der Waals surface area contributed by atoms with Crippen molar-refractivity contribution >= 4 is 11.4 Å². The van der Waals surface area contributed by atoms with Crippen LogP contribution < -0.4 is 10.6 Å². The van der Waals surface area contributed by atoms with E-state index in [2.05, 4.69) is 10.6 Å².